The quantitative estimate of drug-likeness (QED) is 0.139. The molecule has 3 heteroatoms. The van der Waals surface area contributed by atoms with E-state index in [9.17, 15) is 9.18 Å². The lowest BCUT2D eigenvalue weighted by molar-refractivity contribution is 0.524. The lowest BCUT2D eigenvalue weighted by atomic mass is 9.97. The molecule has 0 bridgehead atoms. The Hall–Kier alpha value is -2.94. The molecule has 0 saturated heterocycles. The Kier molecular flexibility index (Phi) is 7.59. The molecule has 3 aromatic carbocycles. The van der Waals surface area contributed by atoms with Gasteiger partial charge >= 0.3 is 5.63 Å². The van der Waals surface area contributed by atoms with Crippen molar-refractivity contribution in [3.05, 3.63) is 82.0 Å². The van der Waals surface area contributed by atoms with Gasteiger partial charge in [-0.1, -0.05) is 101 Å². The van der Waals surface area contributed by atoms with E-state index in [1.54, 1.807) is 6.07 Å². The van der Waals surface area contributed by atoms with E-state index in [0.717, 1.165) is 29.4 Å². The van der Waals surface area contributed by atoms with E-state index in [-0.39, 0.29) is 5.58 Å². The predicted octanol–water partition coefficient (Wildman–Crippen LogP) is 8.61. The van der Waals surface area contributed by atoms with Crippen molar-refractivity contribution in [1.82, 2.24) is 0 Å². The second-order valence-corrected chi connectivity index (χ2v) is 9.03. The maximum Gasteiger partial charge on any atom is 0.344 e. The third-order valence-corrected chi connectivity index (χ3v) is 6.53. The van der Waals surface area contributed by atoms with Crippen LogP contribution in [0.2, 0.25) is 0 Å². The summed E-state index contributed by atoms with van der Waals surface area (Å²) < 4.78 is 20.3. The monoisotopic (exact) mass is 444 g/mol. The van der Waals surface area contributed by atoms with E-state index in [2.05, 4.69) is 31.2 Å². The van der Waals surface area contributed by atoms with E-state index in [1.165, 1.54) is 44.1 Å². The average Bonchev–Trinajstić information content (AvgIpc) is 2.84. The molecule has 0 aliphatic rings. The summed E-state index contributed by atoms with van der Waals surface area (Å²) in [6.07, 6.45) is 10.4. The number of rotatable bonds is 10. The summed E-state index contributed by atoms with van der Waals surface area (Å²) in [6.45, 7) is 4.25. The number of halogens is 1. The van der Waals surface area contributed by atoms with Crippen molar-refractivity contribution >= 4 is 21.7 Å². The van der Waals surface area contributed by atoms with Gasteiger partial charge in [0.2, 0.25) is 0 Å². The second-order valence-electron chi connectivity index (χ2n) is 9.03. The van der Waals surface area contributed by atoms with Gasteiger partial charge in [0.25, 0.3) is 0 Å². The van der Waals surface area contributed by atoms with E-state index in [1.807, 2.05) is 31.2 Å². The Balaban J connectivity index is 1.57. The van der Waals surface area contributed by atoms with Crippen LogP contribution < -0.4 is 5.63 Å². The van der Waals surface area contributed by atoms with Crippen LogP contribution in [-0.4, -0.2) is 0 Å². The van der Waals surface area contributed by atoms with Gasteiger partial charge in [0.05, 0.1) is 5.39 Å². The van der Waals surface area contributed by atoms with Crippen LogP contribution in [0.25, 0.3) is 32.9 Å². The number of aryl methyl sites for hydroxylation is 2. The minimum atomic E-state index is -0.494. The molecule has 0 aliphatic carbocycles. The zero-order valence-corrected chi connectivity index (χ0v) is 19.8. The Morgan fingerprint density at radius 2 is 1.39 bits per heavy atom. The first kappa shape index (κ1) is 23.2. The molecule has 0 N–H and O–H groups in total. The van der Waals surface area contributed by atoms with E-state index >= 15 is 0 Å². The van der Waals surface area contributed by atoms with Crippen molar-refractivity contribution in [3.8, 4) is 11.1 Å². The van der Waals surface area contributed by atoms with Gasteiger partial charge in [0, 0.05) is 10.8 Å². The zero-order valence-electron chi connectivity index (χ0n) is 19.8. The molecule has 33 heavy (non-hydrogen) atoms. The summed E-state index contributed by atoms with van der Waals surface area (Å²) in [4.78, 5) is 12.7. The molecular formula is C30H33FO2. The summed E-state index contributed by atoms with van der Waals surface area (Å²) in [5.41, 5.74) is 3.52. The highest BCUT2D eigenvalue weighted by molar-refractivity contribution is 6.05. The van der Waals surface area contributed by atoms with Crippen molar-refractivity contribution in [1.29, 1.82) is 0 Å². The number of hydrogen-bond donors (Lipinski definition) is 0. The SMILES string of the molecule is CCCCCCCCc1ccc(-c2ccc3c(c2)c(=O)oc2c(F)c(CCC)ccc23)cc1. The molecule has 172 valence electrons. The first-order valence-corrected chi connectivity index (χ1v) is 12.4. The van der Waals surface area contributed by atoms with Crippen molar-refractivity contribution in [2.24, 2.45) is 0 Å². The van der Waals surface area contributed by atoms with Crippen LogP contribution in [0.3, 0.4) is 0 Å². The van der Waals surface area contributed by atoms with E-state index in [0.29, 0.717) is 22.8 Å². The number of unbranched alkanes of at least 4 members (excludes halogenated alkanes) is 5. The lowest BCUT2D eigenvalue weighted by Gasteiger charge is -2.09. The van der Waals surface area contributed by atoms with Gasteiger partial charge in [-0.15, -0.1) is 0 Å². The van der Waals surface area contributed by atoms with Crippen LogP contribution in [0.15, 0.2) is 63.8 Å². The summed E-state index contributed by atoms with van der Waals surface area (Å²) in [5, 5.41) is 1.85. The highest BCUT2D eigenvalue weighted by Crippen LogP contribution is 2.30. The number of fused-ring (bicyclic) bond motifs is 3. The van der Waals surface area contributed by atoms with Crippen molar-refractivity contribution in [2.45, 2.75) is 71.6 Å². The Bertz CT molecular complexity index is 1280. The topological polar surface area (TPSA) is 30.2 Å². The average molecular weight is 445 g/mol. The van der Waals surface area contributed by atoms with Crippen molar-refractivity contribution in [2.75, 3.05) is 0 Å². The summed E-state index contributed by atoms with van der Waals surface area (Å²) in [5.74, 6) is -0.418. The fourth-order valence-electron chi connectivity index (χ4n) is 4.62. The highest BCUT2D eigenvalue weighted by atomic mass is 19.1. The first-order chi connectivity index (χ1) is 16.1. The zero-order chi connectivity index (χ0) is 23.2. The largest absolute Gasteiger partial charge is 0.419 e. The van der Waals surface area contributed by atoms with Crippen molar-refractivity contribution < 1.29 is 8.81 Å². The van der Waals surface area contributed by atoms with Gasteiger partial charge in [-0.05, 0) is 47.6 Å². The Morgan fingerprint density at radius 3 is 2.15 bits per heavy atom. The highest BCUT2D eigenvalue weighted by Gasteiger charge is 2.15. The lowest BCUT2D eigenvalue weighted by Crippen LogP contribution is -2.02. The second kappa shape index (κ2) is 10.8. The van der Waals surface area contributed by atoms with Crippen LogP contribution in [0, 0.1) is 5.82 Å². The summed E-state index contributed by atoms with van der Waals surface area (Å²) >= 11 is 0. The van der Waals surface area contributed by atoms with Crippen LogP contribution in [0.5, 0.6) is 0 Å². The maximum atomic E-state index is 14.9. The number of hydrogen-bond acceptors (Lipinski definition) is 2. The molecule has 0 saturated carbocycles. The van der Waals surface area contributed by atoms with Gasteiger partial charge < -0.3 is 4.42 Å². The Morgan fingerprint density at radius 1 is 0.697 bits per heavy atom. The molecule has 0 spiro atoms. The summed E-state index contributed by atoms with van der Waals surface area (Å²) in [7, 11) is 0. The summed E-state index contributed by atoms with van der Waals surface area (Å²) in [6, 6.07) is 18.0. The van der Waals surface area contributed by atoms with Crippen LogP contribution >= 0.6 is 0 Å². The predicted molar refractivity (Wildman–Crippen MR) is 136 cm³/mol. The molecule has 0 amide bonds. The fraction of sp³-hybridized carbons (Fsp3) is 0.367. The third-order valence-electron chi connectivity index (χ3n) is 6.53. The standard InChI is InChI=1S/C30H33FO2/c1-3-5-6-7-8-9-11-21-12-14-22(15-13-21)24-17-18-25-26-19-16-23(10-4-2)28(31)29(26)33-30(32)27(25)20-24/h12-20H,3-11H2,1-2H3. The van der Waals surface area contributed by atoms with Crippen LogP contribution in [0.4, 0.5) is 4.39 Å². The molecule has 0 unspecified atom stereocenters. The fourth-order valence-corrected chi connectivity index (χ4v) is 4.62. The molecule has 2 nitrogen and oxygen atoms in total. The van der Waals surface area contributed by atoms with Crippen molar-refractivity contribution in [3.63, 3.8) is 0 Å². The van der Waals surface area contributed by atoms with Crippen LogP contribution in [-0.2, 0) is 12.8 Å². The van der Waals surface area contributed by atoms with E-state index < -0.39 is 11.4 Å². The van der Waals surface area contributed by atoms with Crippen LogP contribution in [0.1, 0.15) is 69.9 Å². The third kappa shape index (κ3) is 5.19. The molecule has 1 aromatic heterocycles. The van der Waals surface area contributed by atoms with E-state index in [4.69, 9.17) is 4.42 Å². The molecule has 4 aromatic rings. The molecule has 0 fully saturated rings. The number of benzene rings is 3. The molecule has 1 heterocycles. The van der Waals surface area contributed by atoms with Gasteiger partial charge in [-0.2, -0.15) is 0 Å². The smallest absolute Gasteiger partial charge is 0.344 e. The maximum absolute atomic E-state index is 14.9. The molecule has 0 atom stereocenters. The minimum Gasteiger partial charge on any atom is -0.419 e. The minimum absolute atomic E-state index is 0.0604. The van der Waals surface area contributed by atoms with Gasteiger partial charge in [0.1, 0.15) is 0 Å². The molecule has 0 aliphatic heterocycles. The van der Waals surface area contributed by atoms with Gasteiger partial charge in [0.15, 0.2) is 11.4 Å². The normalized spacial score (nSPS) is 11.5. The van der Waals surface area contributed by atoms with Gasteiger partial charge in [-0.3, -0.25) is 0 Å². The molecule has 0 radical (unpaired) electrons. The van der Waals surface area contributed by atoms with Gasteiger partial charge in [-0.25, -0.2) is 9.18 Å². The Labute approximate surface area is 195 Å². The molecule has 4 rings (SSSR count). The first-order valence-electron chi connectivity index (χ1n) is 12.4. The molecular weight excluding hydrogens is 411 g/mol.